The quantitative estimate of drug-likeness (QED) is 0.626. The minimum atomic E-state index is -1.28. The largest absolute Gasteiger partial charge is 0.412 e. The molecule has 0 saturated carbocycles. The highest BCUT2D eigenvalue weighted by molar-refractivity contribution is 6.69. The van der Waals surface area contributed by atoms with Gasteiger partial charge in [0.2, 0.25) is 0 Å². The van der Waals surface area contributed by atoms with Gasteiger partial charge >= 0.3 is 0 Å². The second kappa shape index (κ2) is 3.48. The van der Waals surface area contributed by atoms with E-state index in [0.29, 0.717) is 12.1 Å². The average Bonchev–Trinajstić information content (AvgIpc) is 1.74. The van der Waals surface area contributed by atoms with Gasteiger partial charge in [-0.3, -0.25) is 4.90 Å². The summed E-state index contributed by atoms with van der Waals surface area (Å²) in [5.41, 5.74) is 0. The molecule has 0 bridgehead atoms. The minimum Gasteiger partial charge on any atom is -0.412 e. The van der Waals surface area contributed by atoms with Gasteiger partial charge in [-0.15, -0.1) is 0 Å². The van der Waals surface area contributed by atoms with E-state index in [0.717, 1.165) is 13.1 Å². The monoisotopic (exact) mass is 187 g/mol. The van der Waals surface area contributed by atoms with Crippen molar-refractivity contribution in [3.05, 3.63) is 0 Å². The maximum absolute atomic E-state index is 5.95. The molecular weight excluding hydrogens is 166 g/mol. The summed E-state index contributed by atoms with van der Waals surface area (Å²) in [5, 5.41) is 0. The molecule has 72 valence electrons. The molecule has 1 aliphatic rings. The summed E-state index contributed by atoms with van der Waals surface area (Å²) in [4.78, 5) is 2.45. The van der Waals surface area contributed by atoms with E-state index >= 15 is 0 Å². The Bertz CT molecular complexity index is 147. The van der Waals surface area contributed by atoms with E-state index in [-0.39, 0.29) is 0 Å². The molecule has 2 nitrogen and oxygen atoms in total. The first kappa shape index (κ1) is 10.2. The highest BCUT2D eigenvalue weighted by Crippen LogP contribution is 2.18. The van der Waals surface area contributed by atoms with E-state index in [1.165, 1.54) is 0 Å². The third-order valence-electron chi connectivity index (χ3n) is 2.13. The van der Waals surface area contributed by atoms with Gasteiger partial charge in [0.15, 0.2) is 8.32 Å². The molecular formula is C9H21NOSi. The van der Waals surface area contributed by atoms with Gasteiger partial charge < -0.3 is 4.43 Å². The van der Waals surface area contributed by atoms with E-state index in [9.17, 15) is 0 Å². The Morgan fingerprint density at radius 3 is 2.08 bits per heavy atom. The van der Waals surface area contributed by atoms with E-state index in [1.807, 2.05) is 0 Å². The van der Waals surface area contributed by atoms with Gasteiger partial charge in [-0.1, -0.05) is 0 Å². The molecule has 0 aromatic heterocycles. The first-order chi connectivity index (χ1) is 5.38. The van der Waals surface area contributed by atoms with Crippen molar-refractivity contribution in [3.63, 3.8) is 0 Å². The van der Waals surface area contributed by atoms with Crippen LogP contribution in [0.3, 0.4) is 0 Å². The Morgan fingerprint density at radius 1 is 1.25 bits per heavy atom. The van der Waals surface area contributed by atoms with Crippen LogP contribution in [0.15, 0.2) is 0 Å². The summed E-state index contributed by atoms with van der Waals surface area (Å²) in [6, 6.07) is 0.687. The predicted octanol–water partition coefficient (Wildman–Crippen LogP) is 1.93. The molecule has 0 N–H and O–H groups in total. The van der Waals surface area contributed by atoms with Crippen LogP contribution in [0.4, 0.5) is 0 Å². The molecule has 0 atom stereocenters. The Balaban J connectivity index is 2.18. The van der Waals surface area contributed by atoms with Crippen molar-refractivity contribution in [1.82, 2.24) is 4.90 Å². The molecule has 1 heterocycles. The summed E-state index contributed by atoms with van der Waals surface area (Å²) in [5.74, 6) is 0. The molecule has 0 aliphatic carbocycles. The second-order valence-electron chi connectivity index (χ2n) is 4.90. The van der Waals surface area contributed by atoms with Crippen molar-refractivity contribution in [2.45, 2.75) is 45.6 Å². The van der Waals surface area contributed by atoms with Gasteiger partial charge in [0.05, 0.1) is 6.10 Å². The molecule has 0 radical (unpaired) electrons. The van der Waals surface area contributed by atoms with E-state index in [2.05, 4.69) is 38.4 Å². The summed E-state index contributed by atoms with van der Waals surface area (Å²) in [7, 11) is -1.28. The fourth-order valence-corrected chi connectivity index (χ4v) is 2.61. The Morgan fingerprint density at radius 2 is 1.75 bits per heavy atom. The van der Waals surface area contributed by atoms with Crippen molar-refractivity contribution in [1.29, 1.82) is 0 Å². The lowest BCUT2D eigenvalue weighted by Gasteiger charge is -2.44. The smallest absolute Gasteiger partial charge is 0.184 e. The van der Waals surface area contributed by atoms with Gasteiger partial charge in [-0.2, -0.15) is 0 Å². The maximum Gasteiger partial charge on any atom is 0.184 e. The second-order valence-corrected chi connectivity index (χ2v) is 9.36. The van der Waals surface area contributed by atoms with Gasteiger partial charge in [-0.25, -0.2) is 0 Å². The molecule has 0 aromatic carbocycles. The topological polar surface area (TPSA) is 12.5 Å². The highest BCUT2D eigenvalue weighted by Gasteiger charge is 2.32. The van der Waals surface area contributed by atoms with E-state index < -0.39 is 8.32 Å². The molecule has 3 heteroatoms. The number of hydrogen-bond acceptors (Lipinski definition) is 2. The Labute approximate surface area is 77.0 Å². The van der Waals surface area contributed by atoms with Crippen LogP contribution < -0.4 is 0 Å². The van der Waals surface area contributed by atoms with Crippen molar-refractivity contribution < 1.29 is 4.43 Å². The van der Waals surface area contributed by atoms with Gasteiger partial charge in [0.25, 0.3) is 0 Å². The van der Waals surface area contributed by atoms with Crippen molar-refractivity contribution in [2.24, 2.45) is 0 Å². The van der Waals surface area contributed by atoms with Crippen molar-refractivity contribution >= 4 is 8.32 Å². The minimum absolute atomic E-state index is 0.527. The number of nitrogens with zero attached hydrogens (tertiary/aromatic N) is 1. The number of hydrogen-bond donors (Lipinski definition) is 0. The standard InChI is InChI=1S/C9H21NOSi/c1-8(2)10-6-9(7-10)11-12(3,4)5/h8-9H,6-7H2,1-5H3. The molecule has 12 heavy (non-hydrogen) atoms. The van der Waals surface area contributed by atoms with Crippen LogP contribution in [0, 0.1) is 0 Å². The molecule has 1 aliphatic heterocycles. The summed E-state index contributed by atoms with van der Waals surface area (Å²) in [6.07, 6.45) is 0.527. The van der Waals surface area contributed by atoms with Crippen LogP contribution in [-0.4, -0.2) is 38.5 Å². The molecule has 0 amide bonds. The van der Waals surface area contributed by atoms with E-state index in [4.69, 9.17) is 4.43 Å². The third-order valence-corrected chi connectivity index (χ3v) is 3.17. The van der Waals surface area contributed by atoms with Crippen LogP contribution in [0.5, 0.6) is 0 Å². The Hall–Kier alpha value is 0.137. The van der Waals surface area contributed by atoms with Gasteiger partial charge in [0.1, 0.15) is 0 Å². The number of rotatable bonds is 3. The zero-order valence-corrected chi connectivity index (χ0v) is 9.92. The summed E-state index contributed by atoms with van der Waals surface area (Å²) < 4.78 is 5.95. The van der Waals surface area contributed by atoms with Crippen LogP contribution in [0.2, 0.25) is 19.6 Å². The molecule has 0 spiro atoms. The zero-order valence-electron chi connectivity index (χ0n) is 8.92. The maximum atomic E-state index is 5.95. The average molecular weight is 187 g/mol. The molecule has 1 rings (SSSR count). The van der Waals surface area contributed by atoms with Crippen LogP contribution in [0.1, 0.15) is 13.8 Å². The molecule has 0 unspecified atom stereocenters. The zero-order chi connectivity index (χ0) is 9.35. The van der Waals surface area contributed by atoms with E-state index in [1.54, 1.807) is 0 Å². The summed E-state index contributed by atoms with van der Waals surface area (Å²) >= 11 is 0. The predicted molar refractivity (Wildman–Crippen MR) is 54.9 cm³/mol. The first-order valence-electron chi connectivity index (χ1n) is 4.80. The third kappa shape index (κ3) is 2.88. The highest BCUT2D eigenvalue weighted by atomic mass is 28.4. The lowest BCUT2D eigenvalue weighted by atomic mass is 10.1. The lowest BCUT2D eigenvalue weighted by Crippen LogP contribution is -2.57. The van der Waals surface area contributed by atoms with Crippen molar-refractivity contribution in [2.75, 3.05) is 13.1 Å². The first-order valence-corrected chi connectivity index (χ1v) is 8.21. The van der Waals surface area contributed by atoms with Crippen LogP contribution >= 0.6 is 0 Å². The van der Waals surface area contributed by atoms with Gasteiger partial charge in [0, 0.05) is 19.1 Å². The number of likely N-dealkylation sites (tertiary alicyclic amines) is 1. The fourth-order valence-electron chi connectivity index (χ4n) is 1.47. The fraction of sp³-hybridized carbons (Fsp3) is 1.00. The van der Waals surface area contributed by atoms with Crippen LogP contribution in [-0.2, 0) is 4.43 Å². The molecule has 1 saturated heterocycles. The van der Waals surface area contributed by atoms with Crippen LogP contribution in [0.25, 0.3) is 0 Å². The van der Waals surface area contributed by atoms with Crippen molar-refractivity contribution in [3.8, 4) is 0 Å². The molecule has 1 fully saturated rings. The SMILES string of the molecule is CC(C)N1CC(O[Si](C)(C)C)C1. The van der Waals surface area contributed by atoms with Gasteiger partial charge in [-0.05, 0) is 33.5 Å². The summed E-state index contributed by atoms with van der Waals surface area (Å²) in [6.45, 7) is 13.5. The lowest BCUT2D eigenvalue weighted by molar-refractivity contribution is -0.00454. The Kier molecular flexibility index (Phi) is 2.96. The normalized spacial score (nSPS) is 21.5. The molecule has 0 aromatic rings.